The lowest BCUT2D eigenvalue weighted by atomic mass is 10.0. The molecule has 0 aliphatic carbocycles. The van der Waals surface area contributed by atoms with Crippen LogP contribution in [0.3, 0.4) is 0 Å². The summed E-state index contributed by atoms with van der Waals surface area (Å²) >= 11 is 0. The molecule has 7 aromatic rings. The van der Waals surface area contributed by atoms with E-state index in [4.69, 9.17) is 19.0 Å². The fraction of sp³-hybridized carbons (Fsp3) is 0.154. The molecule has 3 aromatic heterocycles. The summed E-state index contributed by atoms with van der Waals surface area (Å²) in [6, 6.07) is 47.2. The highest BCUT2D eigenvalue weighted by Crippen LogP contribution is 2.55. The number of aromatic nitrogens is 4. The molecule has 298 valence electrons. The van der Waals surface area contributed by atoms with Crippen LogP contribution in [0.1, 0.15) is 64.3 Å². The van der Waals surface area contributed by atoms with Gasteiger partial charge in [0.1, 0.15) is 0 Å². The molecule has 2 N–H and O–H groups in total. The van der Waals surface area contributed by atoms with Crippen LogP contribution in [0.5, 0.6) is 0 Å². The van der Waals surface area contributed by atoms with Gasteiger partial charge in [-0.05, 0) is 106 Å². The number of nitrogens with one attached hydrogen (secondary N) is 2. The summed E-state index contributed by atoms with van der Waals surface area (Å²) in [7, 11) is -4.11. The van der Waals surface area contributed by atoms with Gasteiger partial charge in [0, 0.05) is 38.8 Å². The van der Waals surface area contributed by atoms with Crippen molar-refractivity contribution in [2.45, 2.75) is 52.7 Å². The monoisotopic (exact) mass is 806 g/mol. The molecule has 2 aliphatic rings. The van der Waals surface area contributed by atoms with Crippen molar-refractivity contribution in [3.05, 3.63) is 162 Å². The molecule has 2 aliphatic heterocycles. The number of fused-ring (bicyclic) bond motifs is 8. The van der Waals surface area contributed by atoms with Gasteiger partial charge in [0.25, 0.3) is 0 Å². The Balaban J connectivity index is 1.54. The van der Waals surface area contributed by atoms with Crippen LogP contribution in [0, 0.1) is 0 Å². The van der Waals surface area contributed by atoms with Crippen molar-refractivity contribution in [1.29, 1.82) is 0 Å². The zero-order valence-corrected chi connectivity index (χ0v) is 35.5. The maximum absolute atomic E-state index is 15.9. The third-order valence-electron chi connectivity index (χ3n) is 10.2. The largest absolute Gasteiger partial charge is 0.364 e. The Hall–Kier alpha value is -6.37. The molecule has 60 heavy (non-hydrogen) atoms. The summed E-state index contributed by atoms with van der Waals surface area (Å²) in [6.07, 6.45) is 8.25. The smallest absolute Gasteiger partial charge is 0.354 e. The molecule has 0 fully saturated rings. The molecular formula is C52H47N4O3P. The van der Waals surface area contributed by atoms with E-state index in [1.54, 1.807) is 0 Å². The average Bonchev–Trinajstić information content (AvgIpc) is 4.06. The summed E-state index contributed by atoms with van der Waals surface area (Å²) in [5.41, 5.74) is 11.9. The Morgan fingerprint density at radius 2 is 0.767 bits per heavy atom. The van der Waals surface area contributed by atoms with Gasteiger partial charge in [-0.25, -0.2) is 9.97 Å². The van der Waals surface area contributed by atoms with E-state index in [1.807, 2.05) is 126 Å². The SMILES string of the molecule is CC(C)(C)OP(=O)(OC(C)(C)C)c1cc2[nH]c1c(-c1ccccc1)c1nc(c(-c3ccccc3)c3ccc([nH]3)c(-c3ccccc3)c3nc(c2-c2ccccc2)C=C3)C=C1. The number of benzene rings is 4. The highest BCUT2D eigenvalue weighted by atomic mass is 31.2. The minimum absolute atomic E-state index is 0.410. The fourth-order valence-electron chi connectivity index (χ4n) is 7.95. The molecule has 7 nitrogen and oxygen atoms in total. The van der Waals surface area contributed by atoms with E-state index in [-0.39, 0.29) is 0 Å². The van der Waals surface area contributed by atoms with Crippen molar-refractivity contribution >= 4 is 59.3 Å². The molecule has 0 radical (unpaired) electrons. The van der Waals surface area contributed by atoms with Crippen LogP contribution in [0.15, 0.2) is 140 Å². The average molecular weight is 807 g/mol. The first-order valence-electron chi connectivity index (χ1n) is 20.3. The molecule has 0 spiro atoms. The van der Waals surface area contributed by atoms with Gasteiger partial charge < -0.3 is 9.97 Å². The van der Waals surface area contributed by atoms with Crippen molar-refractivity contribution in [2.24, 2.45) is 0 Å². The maximum atomic E-state index is 15.9. The molecule has 8 heteroatoms. The van der Waals surface area contributed by atoms with Gasteiger partial charge >= 0.3 is 7.60 Å². The lowest BCUT2D eigenvalue weighted by molar-refractivity contribution is 0.0550. The minimum Gasteiger partial charge on any atom is -0.354 e. The first-order valence-corrected chi connectivity index (χ1v) is 21.8. The molecule has 0 saturated carbocycles. The standard InChI is InChI=1S/C52H47N4O3P/c1-51(2,3)58-60(57,59-52(4,5)6)45-33-44-48(36-23-15-9-16-24-36)42-30-29-40(54-42)46(34-19-11-7-12-20-34)38-27-28-39(53-38)47(35-21-13-8-14-22-35)41-31-32-43(55-41)49(50(45)56-44)37-25-17-10-18-26-37/h7-33,53,56H,1-6H3. The van der Waals surface area contributed by atoms with Gasteiger partial charge in [0.05, 0.1) is 44.8 Å². The van der Waals surface area contributed by atoms with E-state index in [2.05, 4.69) is 88.9 Å². The number of rotatable bonds is 7. The molecule has 4 aromatic carbocycles. The predicted molar refractivity (Wildman–Crippen MR) is 250 cm³/mol. The van der Waals surface area contributed by atoms with Crippen molar-refractivity contribution in [3.63, 3.8) is 0 Å². The van der Waals surface area contributed by atoms with E-state index in [9.17, 15) is 0 Å². The molecule has 0 unspecified atom stereocenters. The summed E-state index contributed by atoms with van der Waals surface area (Å²) in [4.78, 5) is 18.5. The third-order valence-corrected chi connectivity index (χ3v) is 12.7. The van der Waals surface area contributed by atoms with Crippen molar-refractivity contribution in [1.82, 2.24) is 19.9 Å². The molecular weight excluding hydrogens is 760 g/mol. The van der Waals surface area contributed by atoms with Gasteiger partial charge in [-0.15, -0.1) is 0 Å². The number of hydrogen-bond acceptors (Lipinski definition) is 5. The van der Waals surface area contributed by atoms with Crippen LogP contribution in [0.25, 0.3) is 90.9 Å². The summed E-state index contributed by atoms with van der Waals surface area (Å²) in [5, 5.41) is 0.410. The number of H-pyrrole nitrogens is 2. The molecule has 0 amide bonds. The minimum atomic E-state index is -4.11. The van der Waals surface area contributed by atoms with Crippen molar-refractivity contribution in [2.75, 3.05) is 0 Å². The highest BCUT2D eigenvalue weighted by Gasteiger charge is 2.40. The Morgan fingerprint density at radius 1 is 0.433 bits per heavy atom. The highest BCUT2D eigenvalue weighted by molar-refractivity contribution is 7.62. The molecule has 0 atom stereocenters. The van der Waals surface area contributed by atoms with Gasteiger partial charge in [-0.3, -0.25) is 13.6 Å². The summed E-state index contributed by atoms with van der Waals surface area (Å²) < 4.78 is 29.1. The van der Waals surface area contributed by atoms with Crippen molar-refractivity contribution < 1.29 is 13.6 Å². The second-order valence-corrected chi connectivity index (χ2v) is 18.9. The van der Waals surface area contributed by atoms with E-state index in [0.717, 1.165) is 72.6 Å². The first kappa shape index (κ1) is 39.1. The second-order valence-electron chi connectivity index (χ2n) is 17.0. The van der Waals surface area contributed by atoms with Crippen LogP contribution >= 0.6 is 7.60 Å². The lowest BCUT2D eigenvalue weighted by Gasteiger charge is -2.32. The van der Waals surface area contributed by atoms with Gasteiger partial charge in [0.2, 0.25) is 0 Å². The van der Waals surface area contributed by atoms with Gasteiger partial charge in [-0.2, -0.15) is 0 Å². The van der Waals surface area contributed by atoms with E-state index >= 15 is 4.57 Å². The quantitative estimate of drug-likeness (QED) is 0.156. The second kappa shape index (κ2) is 15.3. The predicted octanol–water partition coefficient (Wildman–Crippen LogP) is 13.8. The number of aromatic amines is 2. The Morgan fingerprint density at radius 3 is 1.13 bits per heavy atom. The third kappa shape index (κ3) is 7.76. The van der Waals surface area contributed by atoms with Crippen LogP contribution in [0.2, 0.25) is 0 Å². The van der Waals surface area contributed by atoms with E-state index in [1.165, 1.54) is 0 Å². The van der Waals surface area contributed by atoms with E-state index in [0.29, 0.717) is 22.0 Å². The molecule has 0 saturated heterocycles. The summed E-state index contributed by atoms with van der Waals surface area (Å²) in [5.74, 6) is 0. The lowest BCUT2D eigenvalue weighted by Crippen LogP contribution is -2.28. The molecule has 9 rings (SSSR count). The fourth-order valence-corrected chi connectivity index (χ4v) is 10.4. The Labute approximate surface area is 351 Å². The van der Waals surface area contributed by atoms with Crippen molar-refractivity contribution in [3.8, 4) is 44.5 Å². The Kier molecular flexibility index (Phi) is 10.00. The number of nitrogens with zero attached hydrogens (tertiary/aromatic N) is 2. The van der Waals surface area contributed by atoms with Crippen LogP contribution in [-0.2, 0) is 13.6 Å². The Bertz CT molecular complexity index is 2990. The first-order chi connectivity index (χ1) is 28.8. The molecule has 8 bridgehead atoms. The normalized spacial score (nSPS) is 12.9. The zero-order chi connectivity index (χ0) is 41.6. The van der Waals surface area contributed by atoms with E-state index < -0.39 is 18.8 Å². The van der Waals surface area contributed by atoms with Crippen LogP contribution < -0.4 is 5.30 Å². The van der Waals surface area contributed by atoms with Gasteiger partial charge in [0.15, 0.2) is 0 Å². The molecule has 5 heterocycles. The zero-order valence-electron chi connectivity index (χ0n) is 34.7. The number of hydrogen-bond donors (Lipinski definition) is 2. The topological polar surface area (TPSA) is 92.9 Å². The van der Waals surface area contributed by atoms with Crippen LogP contribution in [-0.4, -0.2) is 31.1 Å². The van der Waals surface area contributed by atoms with Crippen LogP contribution in [0.4, 0.5) is 0 Å². The van der Waals surface area contributed by atoms with Gasteiger partial charge in [-0.1, -0.05) is 121 Å². The summed E-state index contributed by atoms with van der Waals surface area (Å²) in [6.45, 7) is 11.4. The maximum Gasteiger partial charge on any atom is 0.364 e.